The van der Waals surface area contributed by atoms with Gasteiger partial charge in [-0.05, 0) is 25.1 Å². The first-order chi connectivity index (χ1) is 7.52. The van der Waals surface area contributed by atoms with Gasteiger partial charge in [0.2, 0.25) is 0 Å². The molecule has 1 aromatic rings. The Bertz CT molecular complexity index is 384. The third-order valence-corrected chi connectivity index (χ3v) is 2.65. The molecule has 0 heterocycles. The summed E-state index contributed by atoms with van der Waals surface area (Å²) in [5, 5.41) is 6.13. The van der Waals surface area contributed by atoms with E-state index in [1.54, 1.807) is 18.2 Å². The number of rotatable bonds is 3. The van der Waals surface area contributed by atoms with Crippen molar-refractivity contribution in [2.24, 2.45) is 5.73 Å². The molecular formula is C10H13Cl2N3O. The molecule has 1 unspecified atom stereocenters. The maximum absolute atomic E-state index is 11.4. The highest BCUT2D eigenvalue weighted by Crippen LogP contribution is 2.24. The largest absolute Gasteiger partial charge is 0.334 e. The molecule has 0 fully saturated rings. The van der Waals surface area contributed by atoms with Crippen LogP contribution in [-0.2, 0) is 0 Å². The zero-order valence-corrected chi connectivity index (χ0v) is 10.3. The molecule has 0 aliphatic rings. The van der Waals surface area contributed by atoms with E-state index in [1.807, 2.05) is 6.92 Å². The molecule has 0 radical (unpaired) electrons. The van der Waals surface area contributed by atoms with Crippen LogP contribution < -0.4 is 16.4 Å². The van der Waals surface area contributed by atoms with Crippen LogP contribution in [0.3, 0.4) is 0 Å². The Hall–Kier alpha value is -0.970. The highest BCUT2D eigenvalue weighted by atomic mass is 35.5. The van der Waals surface area contributed by atoms with Gasteiger partial charge in [0.1, 0.15) is 0 Å². The summed E-state index contributed by atoms with van der Waals surface area (Å²) in [5.74, 6) is 0. The number of halogens is 2. The lowest BCUT2D eigenvalue weighted by molar-refractivity contribution is 0.249. The molecule has 88 valence electrons. The highest BCUT2D eigenvalue weighted by molar-refractivity contribution is 6.42. The molecule has 16 heavy (non-hydrogen) atoms. The molecule has 1 atom stereocenters. The van der Waals surface area contributed by atoms with Gasteiger partial charge < -0.3 is 16.4 Å². The number of carbonyl (C=O) groups excluding carboxylic acids is 1. The van der Waals surface area contributed by atoms with Gasteiger partial charge in [0, 0.05) is 18.3 Å². The van der Waals surface area contributed by atoms with E-state index in [0.717, 1.165) is 0 Å². The number of benzene rings is 1. The van der Waals surface area contributed by atoms with Crippen LogP contribution in [0.2, 0.25) is 10.0 Å². The Kier molecular flexibility index (Phi) is 4.86. The van der Waals surface area contributed by atoms with E-state index in [9.17, 15) is 4.79 Å². The lowest BCUT2D eigenvalue weighted by atomic mass is 10.3. The number of nitrogens with one attached hydrogen (secondary N) is 2. The van der Waals surface area contributed by atoms with E-state index < -0.39 is 0 Å². The number of urea groups is 1. The third-order valence-electron chi connectivity index (χ3n) is 1.91. The Labute approximate surface area is 104 Å². The highest BCUT2D eigenvalue weighted by Gasteiger charge is 2.06. The SMILES string of the molecule is CC(CN)NC(=O)Nc1ccc(Cl)c(Cl)c1. The quantitative estimate of drug-likeness (QED) is 0.783. The van der Waals surface area contributed by atoms with Crippen LogP contribution in [0.25, 0.3) is 0 Å². The minimum absolute atomic E-state index is 0.0808. The maximum atomic E-state index is 11.4. The molecule has 0 spiro atoms. The molecule has 0 aliphatic heterocycles. The van der Waals surface area contributed by atoms with E-state index in [4.69, 9.17) is 28.9 Å². The van der Waals surface area contributed by atoms with Crippen LogP contribution >= 0.6 is 23.2 Å². The van der Waals surface area contributed by atoms with Crippen molar-refractivity contribution in [3.8, 4) is 0 Å². The number of amides is 2. The van der Waals surface area contributed by atoms with Gasteiger partial charge in [-0.3, -0.25) is 0 Å². The van der Waals surface area contributed by atoms with E-state index in [0.29, 0.717) is 22.3 Å². The Morgan fingerprint density at radius 1 is 1.44 bits per heavy atom. The Balaban J connectivity index is 2.59. The van der Waals surface area contributed by atoms with Gasteiger partial charge in [-0.2, -0.15) is 0 Å². The molecular weight excluding hydrogens is 249 g/mol. The Morgan fingerprint density at radius 3 is 2.69 bits per heavy atom. The van der Waals surface area contributed by atoms with E-state index in [1.165, 1.54) is 0 Å². The summed E-state index contributed by atoms with van der Waals surface area (Å²) in [5.41, 5.74) is 5.96. The number of carbonyl (C=O) groups is 1. The normalized spacial score (nSPS) is 12.0. The van der Waals surface area contributed by atoms with Crippen LogP contribution in [-0.4, -0.2) is 18.6 Å². The third kappa shape index (κ3) is 3.89. The minimum atomic E-state index is -0.323. The first kappa shape index (κ1) is 13.1. The number of hydrogen-bond acceptors (Lipinski definition) is 2. The van der Waals surface area contributed by atoms with Gasteiger partial charge in [0.15, 0.2) is 0 Å². The van der Waals surface area contributed by atoms with Gasteiger partial charge >= 0.3 is 6.03 Å². The molecule has 0 aliphatic carbocycles. The van der Waals surface area contributed by atoms with E-state index in [2.05, 4.69) is 10.6 Å². The average molecular weight is 262 g/mol. The predicted octanol–water partition coefficient (Wildman–Crippen LogP) is 2.46. The summed E-state index contributed by atoms with van der Waals surface area (Å²) in [6.07, 6.45) is 0. The van der Waals surface area contributed by atoms with Gasteiger partial charge in [-0.1, -0.05) is 23.2 Å². The molecule has 1 rings (SSSR count). The summed E-state index contributed by atoms with van der Waals surface area (Å²) >= 11 is 11.6. The van der Waals surface area contributed by atoms with Crippen molar-refractivity contribution < 1.29 is 4.79 Å². The van der Waals surface area contributed by atoms with Crippen molar-refractivity contribution in [3.05, 3.63) is 28.2 Å². The maximum Gasteiger partial charge on any atom is 0.319 e. The van der Waals surface area contributed by atoms with Gasteiger partial charge in [-0.15, -0.1) is 0 Å². The molecule has 4 nitrogen and oxygen atoms in total. The van der Waals surface area contributed by atoms with Crippen LogP contribution in [0.15, 0.2) is 18.2 Å². The fraction of sp³-hybridized carbons (Fsp3) is 0.300. The van der Waals surface area contributed by atoms with Crippen molar-refractivity contribution in [2.75, 3.05) is 11.9 Å². The zero-order chi connectivity index (χ0) is 12.1. The summed E-state index contributed by atoms with van der Waals surface area (Å²) in [6, 6.07) is 4.46. The predicted molar refractivity (Wildman–Crippen MR) is 67.1 cm³/mol. The first-order valence-corrected chi connectivity index (χ1v) is 5.51. The molecule has 0 saturated carbocycles. The van der Waals surface area contributed by atoms with Crippen molar-refractivity contribution in [3.63, 3.8) is 0 Å². The molecule has 1 aromatic carbocycles. The smallest absolute Gasteiger partial charge is 0.319 e. The van der Waals surface area contributed by atoms with Crippen molar-refractivity contribution in [1.29, 1.82) is 0 Å². The zero-order valence-electron chi connectivity index (χ0n) is 8.76. The lowest BCUT2D eigenvalue weighted by Crippen LogP contribution is -2.40. The second-order valence-electron chi connectivity index (χ2n) is 3.36. The first-order valence-electron chi connectivity index (χ1n) is 4.75. The molecule has 6 heteroatoms. The van der Waals surface area contributed by atoms with Crippen LogP contribution in [0.4, 0.5) is 10.5 Å². The van der Waals surface area contributed by atoms with Crippen molar-refractivity contribution >= 4 is 34.9 Å². The number of nitrogens with two attached hydrogens (primary N) is 1. The number of hydrogen-bond donors (Lipinski definition) is 3. The fourth-order valence-electron chi connectivity index (χ4n) is 1.02. The summed E-state index contributed by atoms with van der Waals surface area (Å²) in [4.78, 5) is 11.4. The summed E-state index contributed by atoms with van der Waals surface area (Å²) in [6.45, 7) is 2.20. The topological polar surface area (TPSA) is 67.1 Å². The van der Waals surface area contributed by atoms with Crippen molar-refractivity contribution in [2.45, 2.75) is 13.0 Å². The fourth-order valence-corrected chi connectivity index (χ4v) is 1.32. The molecule has 0 aromatic heterocycles. The van der Waals surface area contributed by atoms with Crippen LogP contribution in [0, 0.1) is 0 Å². The van der Waals surface area contributed by atoms with Crippen LogP contribution in [0.1, 0.15) is 6.92 Å². The second kappa shape index (κ2) is 5.94. The average Bonchev–Trinajstić information content (AvgIpc) is 2.23. The Morgan fingerprint density at radius 2 is 2.12 bits per heavy atom. The molecule has 4 N–H and O–H groups in total. The van der Waals surface area contributed by atoms with Gasteiger partial charge in [0.05, 0.1) is 10.0 Å². The second-order valence-corrected chi connectivity index (χ2v) is 4.18. The van der Waals surface area contributed by atoms with Gasteiger partial charge in [0.25, 0.3) is 0 Å². The molecule has 2 amide bonds. The van der Waals surface area contributed by atoms with E-state index in [-0.39, 0.29) is 12.1 Å². The molecule has 0 saturated heterocycles. The summed E-state index contributed by atoms with van der Waals surface area (Å²) < 4.78 is 0. The van der Waals surface area contributed by atoms with Crippen molar-refractivity contribution in [1.82, 2.24) is 5.32 Å². The van der Waals surface area contributed by atoms with E-state index >= 15 is 0 Å². The minimum Gasteiger partial charge on any atom is -0.334 e. The molecule has 0 bridgehead atoms. The number of anilines is 1. The monoisotopic (exact) mass is 261 g/mol. The standard InChI is InChI=1S/C10H13Cl2N3O/c1-6(5-13)14-10(16)15-7-2-3-8(11)9(12)4-7/h2-4,6H,5,13H2,1H3,(H2,14,15,16). The summed E-state index contributed by atoms with van der Waals surface area (Å²) in [7, 11) is 0. The lowest BCUT2D eigenvalue weighted by Gasteiger charge is -2.12. The van der Waals surface area contributed by atoms with Gasteiger partial charge in [-0.25, -0.2) is 4.79 Å². The van der Waals surface area contributed by atoms with Crippen LogP contribution in [0.5, 0.6) is 0 Å².